The Morgan fingerprint density at radius 2 is 1.93 bits per heavy atom. The number of halogens is 1. The third kappa shape index (κ3) is 4.32. The summed E-state index contributed by atoms with van der Waals surface area (Å²) in [5.74, 6) is -0.600. The Bertz CT molecular complexity index is 1040. The summed E-state index contributed by atoms with van der Waals surface area (Å²) in [6.07, 6.45) is 6.05. The molecule has 1 N–H and O–H groups in total. The zero-order valence-corrected chi connectivity index (χ0v) is 15.3. The maximum Gasteiger partial charge on any atom is 0.248 e. The lowest BCUT2D eigenvalue weighted by Gasteiger charge is -2.05. The number of ketones is 1. The van der Waals surface area contributed by atoms with Crippen molar-refractivity contribution in [2.24, 2.45) is 7.05 Å². The number of imidazole rings is 1. The summed E-state index contributed by atoms with van der Waals surface area (Å²) in [4.78, 5) is 28.5. The first-order valence-electron chi connectivity index (χ1n) is 8.42. The average molecular weight is 379 g/mol. The third-order valence-electron chi connectivity index (χ3n) is 4.04. The minimum absolute atomic E-state index is 0.141. The van der Waals surface area contributed by atoms with Gasteiger partial charge in [0.15, 0.2) is 17.4 Å². The molecule has 3 aromatic rings. The number of benzene rings is 2. The fourth-order valence-electron chi connectivity index (χ4n) is 2.56. The van der Waals surface area contributed by atoms with Crippen LogP contribution >= 0.6 is 0 Å². The minimum Gasteiger partial charge on any atom is -0.494 e. The molecule has 0 atom stereocenters. The number of nitrogens with one attached hydrogen (secondary N) is 1. The molecule has 1 heterocycles. The van der Waals surface area contributed by atoms with Crippen molar-refractivity contribution in [3.63, 3.8) is 0 Å². The van der Waals surface area contributed by atoms with Crippen molar-refractivity contribution in [1.82, 2.24) is 9.55 Å². The lowest BCUT2D eigenvalue weighted by atomic mass is 10.1. The van der Waals surface area contributed by atoms with Gasteiger partial charge in [0.2, 0.25) is 11.7 Å². The van der Waals surface area contributed by atoms with E-state index in [1.807, 2.05) is 0 Å². The van der Waals surface area contributed by atoms with Crippen LogP contribution in [0.4, 0.5) is 10.1 Å². The van der Waals surface area contributed by atoms with Crippen LogP contribution in [-0.2, 0) is 11.8 Å². The molecule has 6 nitrogen and oxygen atoms in total. The number of methoxy groups -OCH3 is 1. The smallest absolute Gasteiger partial charge is 0.248 e. The second-order valence-electron chi connectivity index (χ2n) is 5.98. The van der Waals surface area contributed by atoms with E-state index < -0.39 is 5.82 Å². The molecule has 1 aromatic heterocycles. The predicted molar refractivity (Wildman–Crippen MR) is 104 cm³/mol. The van der Waals surface area contributed by atoms with E-state index in [4.69, 9.17) is 4.74 Å². The maximum atomic E-state index is 13.7. The van der Waals surface area contributed by atoms with Crippen molar-refractivity contribution in [3.05, 3.63) is 83.7 Å². The Balaban J connectivity index is 1.63. The van der Waals surface area contributed by atoms with E-state index in [2.05, 4.69) is 10.3 Å². The quantitative estimate of drug-likeness (QED) is 0.526. The van der Waals surface area contributed by atoms with Crippen LogP contribution in [0.25, 0.3) is 6.08 Å². The molecule has 28 heavy (non-hydrogen) atoms. The molecule has 0 aliphatic carbocycles. The van der Waals surface area contributed by atoms with Crippen LogP contribution in [0, 0.1) is 5.82 Å². The molecule has 142 valence electrons. The molecule has 0 aliphatic rings. The lowest BCUT2D eigenvalue weighted by molar-refractivity contribution is -0.111. The Kier molecular flexibility index (Phi) is 5.64. The molecule has 3 rings (SSSR count). The molecule has 0 bridgehead atoms. The van der Waals surface area contributed by atoms with Crippen LogP contribution in [-0.4, -0.2) is 28.4 Å². The monoisotopic (exact) mass is 379 g/mol. The summed E-state index contributed by atoms with van der Waals surface area (Å²) in [5.41, 5.74) is 1.54. The minimum atomic E-state index is -0.502. The Morgan fingerprint density at radius 3 is 2.54 bits per heavy atom. The van der Waals surface area contributed by atoms with Gasteiger partial charge in [-0.1, -0.05) is 6.07 Å². The van der Waals surface area contributed by atoms with Crippen LogP contribution in [0.5, 0.6) is 5.75 Å². The summed E-state index contributed by atoms with van der Waals surface area (Å²) >= 11 is 0. The molecule has 0 spiro atoms. The number of anilines is 1. The maximum absolute atomic E-state index is 13.7. The number of carbonyl (C=O) groups excluding carboxylic acids is 2. The molecular formula is C21H18FN3O3. The first-order valence-corrected chi connectivity index (χ1v) is 8.42. The molecule has 0 unspecified atom stereocenters. The molecule has 0 aliphatic heterocycles. The zero-order chi connectivity index (χ0) is 20.1. The SMILES string of the molecule is COc1ccc(/C=C/C(=O)Nc2ccc(C(=O)c3nccn3C)cc2)cc1F. The van der Waals surface area contributed by atoms with Gasteiger partial charge in [-0.05, 0) is 48.0 Å². The number of aryl methyl sites for hydroxylation is 1. The van der Waals surface area contributed by atoms with Crippen molar-refractivity contribution >= 4 is 23.5 Å². The second kappa shape index (κ2) is 8.30. The van der Waals surface area contributed by atoms with Gasteiger partial charge in [0.05, 0.1) is 7.11 Å². The highest BCUT2D eigenvalue weighted by atomic mass is 19.1. The molecule has 0 fully saturated rings. The van der Waals surface area contributed by atoms with Crippen molar-refractivity contribution in [1.29, 1.82) is 0 Å². The van der Waals surface area contributed by atoms with Gasteiger partial charge in [-0.15, -0.1) is 0 Å². The van der Waals surface area contributed by atoms with Crippen molar-refractivity contribution in [2.45, 2.75) is 0 Å². The summed E-state index contributed by atoms with van der Waals surface area (Å²) in [7, 11) is 3.13. The number of aromatic nitrogens is 2. The highest BCUT2D eigenvalue weighted by Crippen LogP contribution is 2.18. The number of carbonyl (C=O) groups is 2. The van der Waals surface area contributed by atoms with E-state index in [1.54, 1.807) is 54.3 Å². The number of amides is 1. The molecule has 1 amide bonds. The summed E-state index contributed by atoms with van der Waals surface area (Å²) in [5, 5.41) is 2.69. The van der Waals surface area contributed by atoms with Crippen LogP contribution in [0.15, 0.2) is 60.9 Å². The number of ether oxygens (including phenoxy) is 1. The van der Waals surface area contributed by atoms with Gasteiger partial charge < -0.3 is 14.6 Å². The summed E-state index contributed by atoms with van der Waals surface area (Å²) < 4.78 is 20.2. The topological polar surface area (TPSA) is 73.2 Å². The van der Waals surface area contributed by atoms with Crippen molar-refractivity contribution in [3.8, 4) is 5.75 Å². The lowest BCUT2D eigenvalue weighted by Crippen LogP contribution is -2.10. The van der Waals surface area contributed by atoms with Gasteiger partial charge in [0.1, 0.15) is 0 Å². The van der Waals surface area contributed by atoms with Gasteiger partial charge in [-0.3, -0.25) is 9.59 Å². The van der Waals surface area contributed by atoms with E-state index in [0.29, 0.717) is 22.6 Å². The van der Waals surface area contributed by atoms with E-state index in [1.165, 1.54) is 31.4 Å². The molecule has 0 radical (unpaired) electrons. The number of hydrogen-bond donors (Lipinski definition) is 1. The number of rotatable bonds is 6. The standard InChI is InChI=1S/C21H18FN3O3/c1-25-12-11-23-21(25)20(27)15-5-7-16(8-6-15)24-19(26)10-4-14-3-9-18(28-2)17(22)13-14/h3-13H,1-2H3,(H,24,26)/b10-4+. The first-order chi connectivity index (χ1) is 13.5. The number of hydrogen-bond acceptors (Lipinski definition) is 4. The fourth-order valence-corrected chi connectivity index (χ4v) is 2.56. The highest BCUT2D eigenvalue weighted by molar-refractivity contribution is 6.07. The fraction of sp³-hybridized carbons (Fsp3) is 0.0952. The van der Waals surface area contributed by atoms with Gasteiger partial charge in [-0.25, -0.2) is 9.37 Å². The zero-order valence-electron chi connectivity index (χ0n) is 15.3. The molecular weight excluding hydrogens is 361 g/mol. The van der Waals surface area contributed by atoms with Crippen LogP contribution < -0.4 is 10.1 Å². The van der Waals surface area contributed by atoms with Crippen LogP contribution in [0.3, 0.4) is 0 Å². The Hall–Kier alpha value is -3.74. The Labute approximate surface area is 161 Å². The van der Waals surface area contributed by atoms with E-state index >= 15 is 0 Å². The van der Waals surface area contributed by atoms with Gasteiger partial charge in [0, 0.05) is 36.8 Å². The van der Waals surface area contributed by atoms with Crippen LogP contribution in [0.1, 0.15) is 21.7 Å². The second-order valence-corrected chi connectivity index (χ2v) is 5.98. The van der Waals surface area contributed by atoms with E-state index in [-0.39, 0.29) is 17.4 Å². The van der Waals surface area contributed by atoms with E-state index in [9.17, 15) is 14.0 Å². The van der Waals surface area contributed by atoms with Crippen molar-refractivity contribution < 1.29 is 18.7 Å². The van der Waals surface area contributed by atoms with Gasteiger partial charge in [-0.2, -0.15) is 0 Å². The summed E-state index contributed by atoms with van der Waals surface area (Å²) in [6.45, 7) is 0. The summed E-state index contributed by atoms with van der Waals surface area (Å²) in [6, 6.07) is 10.9. The van der Waals surface area contributed by atoms with Crippen LogP contribution in [0.2, 0.25) is 0 Å². The molecule has 7 heteroatoms. The Morgan fingerprint density at radius 1 is 1.18 bits per heavy atom. The molecule has 2 aromatic carbocycles. The highest BCUT2D eigenvalue weighted by Gasteiger charge is 2.13. The van der Waals surface area contributed by atoms with Gasteiger partial charge in [0.25, 0.3) is 0 Å². The number of nitrogens with zero attached hydrogens (tertiary/aromatic N) is 2. The predicted octanol–water partition coefficient (Wildman–Crippen LogP) is 3.45. The third-order valence-corrected chi connectivity index (χ3v) is 4.04. The van der Waals surface area contributed by atoms with E-state index in [0.717, 1.165) is 0 Å². The molecule has 0 saturated heterocycles. The largest absolute Gasteiger partial charge is 0.494 e. The van der Waals surface area contributed by atoms with Gasteiger partial charge >= 0.3 is 0 Å². The average Bonchev–Trinajstić information content (AvgIpc) is 3.12. The normalized spacial score (nSPS) is 10.8. The van der Waals surface area contributed by atoms with Crippen molar-refractivity contribution in [2.75, 3.05) is 12.4 Å². The first kappa shape index (κ1) is 19.0. The molecule has 0 saturated carbocycles.